The highest BCUT2D eigenvalue weighted by atomic mass is 16.2. The van der Waals surface area contributed by atoms with Crippen molar-refractivity contribution < 1.29 is 14.4 Å². The van der Waals surface area contributed by atoms with E-state index in [9.17, 15) is 14.4 Å². The fraction of sp³-hybridized carbons (Fsp3) is 0.348. The summed E-state index contributed by atoms with van der Waals surface area (Å²) < 4.78 is 0. The summed E-state index contributed by atoms with van der Waals surface area (Å²) in [6, 6.07) is 15.4. The molecule has 6 heteroatoms. The number of hydrogen-bond acceptors (Lipinski definition) is 3. The molecule has 0 saturated carbocycles. The average Bonchev–Trinajstić information content (AvgIpc) is 3.14. The number of benzene rings is 2. The van der Waals surface area contributed by atoms with Gasteiger partial charge in [0, 0.05) is 24.3 Å². The monoisotopic (exact) mass is 393 g/mol. The molecular weight excluding hydrogens is 366 g/mol. The third kappa shape index (κ3) is 5.02. The van der Waals surface area contributed by atoms with Gasteiger partial charge in [0.25, 0.3) is 0 Å². The number of rotatable bonds is 7. The smallest absolute Gasteiger partial charge is 0.243 e. The second kappa shape index (κ2) is 9.37. The molecule has 0 spiro atoms. The van der Waals surface area contributed by atoms with Gasteiger partial charge in [-0.1, -0.05) is 44.2 Å². The Morgan fingerprint density at radius 2 is 1.86 bits per heavy atom. The molecule has 2 N–H and O–H groups in total. The van der Waals surface area contributed by atoms with E-state index in [0.29, 0.717) is 6.54 Å². The van der Waals surface area contributed by atoms with Gasteiger partial charge in [0.2, 0.25) is 17.7 Å². The molecule has 1 heterocycles. The van der Waals surface area contributed by atoms with Crippen molar-refractivity contribution in [2.75, 3.05) is 23.3 Å². The normalized spacial score (nSPS) is 16.0. The summed E-state index contributed by atoms with van der Waals surface area (Å²) in [6.07, 6.45) is 1.85. The number of nitrogens with one attached hydrogen (secondary N) is 2. The summed E-state index contributed by atoms with van der Waals surface area (Å²) in [5.74, 6) is -1.08. The van der Waals surface area contributed by atoms with Gasteiger partial charge < -0.3 is 15.5 Å². The van der Waals surface area contributed by atoms with E-state index in [4.69, 9.17) is 0 Å². The SMILES string of the molecule is CCc1cccc(N2CC(C(=O)NCC(=O)Nc3ccccc3CC)CC2=O)c1. The zero-order valence-electron chi connectivity index (χ0n) is 16.9. The molecule has 1 saturated heterocycles. The lowest BCUT2D eigenvalue weighted by molar-refractivity contribution is -0.127. The molecule has 1 atom stereocenters. The van der Waals surface area contributed by atoms with E-state index in [2.05, 4.69) is 17.6 Å². The number of hydrogen-bond donors (Lipinski definition) is 2. The van der Waals surface area contributed by atoms with Crippen LogP contribution >= 0.6 is 0 Å². The van der Waals surface area contributed by atoms with Crippen LogP contribution in [0.15, 0.2) is 48.5 Å². The van der Waals surface area contributed by atoms with Gasteiger partial charge in [-0.15, -0.1) is 0 Å². The molecule has 0 bridgehead atoms. The van der Waals surface area contributed by atoms with Crippen LogP contribution in [0.2, 0.25) is 0 Å². The molecule has 6 nitrogen and oxygen atoms in total. The Hall–Kier alpha value is -3.15. The lowest BCUT2D eigenvalue weighted by Gasteiger charge is -2.17. The Morgan fingerprint density at radius 3 is 2.62 bits per heavy atom. The lowest BCUT2D eigenvalue weighted by atomic mass is 10.1. The number of anilines is 2. The molecule has 152 valence electrons. The maximum Gasteiger partial charge on any atom is 0.243 e. The highest BCUT2D eigenvalue weighted by Crippen LogP contribution is 2.26. The zero-order chi connectivity index (χ0) is 20.8. The summed E-state index contributed by atoms with van der Waals surface area (Å²) in [6.45, 7) is 4.29. The Morgan fingerprint density at radius 1 is 1.07 bits per heavy atom. The Kier molecular flexibility index (Phi) is 6.65. The van der Waals surface area contributed by atoms with Gasteiger partial charge in [-0.2, -0.15) is 0 Å². The third-order valence-electron chi connectivity index (χ3n) is 5.22. The van der Waals surface area contributed by atoms with Gasteiger partial charge >= 0.3 is 0 Å². The van der Waals surface area contributed by atoms with Crippen molar-refractivity contribution in [3.8, 4) is 0 Å². The van der Waals surface area contributed by atoms with Crippen molar-refractivity contribution in [1.82, 2.24) is 5.32 Å². The summed E-state index contributed by atoms with van der Waals surface area (Å²) in [4.78, 5) is 38.8. The fourth-order valence-corrected chi connectivity index (χ4v) is 3.53. The van der Waals surface area contributed by atoms with Crippen molar-refractivity contribution >= 4 is 29.1 Å². The van der Waals surface area contributed by atoms with E-state index < -0.39 is 5.92 Å². The molecule has 1 aliphatic heterocycles. The molecule has 1 unspecified atom stereocenters. The first-order valence-corrected chi connectivity index (χ1v) is 10.1. The van der Waals surface area contributed by atoms with Crippen molar-refractivity contribution in [3.05, 3.63) is 59.7 Å². The van der Waals surface area contributed by atoms with E-state index in [-0.39, 0.29) is 30.7 Å². The quantitative estimate of drug-likeness (QED) is 0.759. The minimum Gasteiger partial charge on any atom is -0.347 e. The number of amides is 3. The van der Waals surface area contributed by atoms with Crippen LogP contribution in [0.3, 0.4) is 0 Å². The molecule has 3 rings (SSSR count). The molecule has 1 fully saturated rings. The molecule has 29 heavy (non-hydrogen) atoms. The van der Waals surface area contributed by atoms with E-state index in [0.717, 1.165) is 35.3 Å². The zero-order valence-corrected chi connectivity index (χ0v) is 16.9. The van der Waals surface area contributed by atoms with Crippen LogP contribution in [-0.4, -0.2) is 30.8 Å². The highest BCUT2D eigenvalue weighted by Gasteiger charge is 2.35. The lowest BCUT2D eigenvalue weighted by Crippen LogP contribution is -2.38. The Balaban J connectivity index is 1.54. The second-order valence-corrected chi connectivity index (χ2v) is 7.21. The first kappa shape index (κ1) is 20.6. The first-order valence-electron chi connectivity index (χ1n) is 10.1. The minimum absolute atomic E-state index is 0.0697. The largest absolute Gasteiger partial charge is 0.347 e. The topological polar surface area (TPSA) is 78.5 Å². The Bertz CT molecular complexity index is 910. The van der Waals surface area contributed by atoms with Crippen LogP contribution in [0.25, 0.3) is 0 Å². The summed E-state index contributed by atoms with van der Waals surface area (Å²) >= 11 is 0. The number of aryl methyl sites for hydroxylation is 2. The molecule has 3 amide bonds. The summed E-state index contributed by atoms with van der Waals surface area (Å²) in [5, 5.41) is 5.50. The molecule has 0 aromatic heterocycles. The predicted molar refractivity (Wildman–Crippen MR) is 114 cm³/mol. The van der Waals surface area contributed by atoms with Crippen LogP contribution in [0.4, 0.5) is 11.4 Å². The number of nitrogens with zero attached hydrogens (tertiary/aromatic N) is 1. The van der Waals surface area contributed by atoms with E-state index in [1.54, 1.807) is 4.90 Å². The van der Waals surface area contributed by atoms with E-state index in [1.807, 2.05) is 55.5 Å². The van der Waals surface area contributed by atoms with Gasteiger partial charge in [0.15, 0.2) is 0 Å². The molecule has 0 aliphatic carbocycles. The maximum absolute atomic E-state index is 12.5. The third-order valence-corrected chi connectivity index (χ3v) is 5.22. The average molecular weight is 393 g/mol. The van der Waals surface area contributed by atoms with Crippen molar-refractivity contribution in [3.63, 3.8) is 0 Å². The minimum atomic E-state index is -0.455. The molecular formula is C23H27N3O3. The van der Waals surface area contributed by atoms with E-state index in [1.165, 1.54) is 0 Å². The summed E-state index contributed by atoms with van der Waals surface area (Å²) in [7, 11) is 0. The van der Waals surface area contributed by atoms with Crippen LogP contribution in [0, 0.1) is 5.92 Å². The number of para-hydroxylation sites is 1. The van der Waals surface area contributed by atoms with Crippen LogP contribution < -0.4 is 15.5 Å². The van der Waals surface area contributed by atoms with Crippen molar-refractivity contribution in [1.29, 1.82) is 0 Å². The molecule has 2 aromatic rings. The first-order chi connectivity index (χ1) is 14.0. The van der Waals surface area contributed by atoms with Crippen LogP contribution in [-0.2, 0) is 27.2 Å². The van der Waals surface area contributed by atoms with Gasteiger partial charge in [-0.25, -0.2) is 0 Å². The second-order valence-electron chi connectivity index (χ2n) is 7.21. The standard InChI is InChI=1S/C23H27N3O3/c1-3-16-8-7-10-19(12-16)26-15-18(13-22(26)28)23(29)24-14-21(27)25-20-11-6-5-9-17(20)4-2/h5-12,18H,3-4,13-15H2,1-2H3,(H,24,29)(H,25,27). The van der Waals surface area contributed by atoms with Gasteiger partial charge in [0.1, 0.15) is 0 Å². The van der Waals surface area contributed by atoms with Crippen molar-refractivity contribution in [2.45, 2.75) is 33.1 Å². The number of carbonyl (C=O) groups is 3. The predicted octanol–water partition coefficient (Wildman–Crippen LogP) is 2.92. The summed E-state index contributed by atoms with van der Waals surface area (Å²) in [5.41, 5.74) is 3.76. The number of carbonyl (C=O) groups excluding carboxylic acids is 3. The van der Waals surface area contributed by atoms with Gasteiger partial charge in [0.05, 0.1) is 12.5 Å². The van der Waals surface area contributed by atoms with E-state index >= 15 is 0 Å². The van der Waals surface area contributed by atoms with Crippen LogP contribution in [0.1, 0.15) is 31.4 Å². The molecule has 0 radical (unpaired) electrons. The van der Waals surface area contributed by atoms with Gasteiger partial charge in [-0.05, 0) is 42.2 Å². The maximum atomic E-state index is 12.5. The van der Waals surface area contributed by atoms with Gasteiger partial charge in [-0.3, -0.25) is 14.4 Å². The Labute approximate surface area is 171 Å². The van der Waals surface area contributed by atoms with Crippen molar-refractivity contribution in [2.24, 2.45) is 5.92 Å². The highest BCUT2D eigenvalue weighted by molar-refractivity contribution is 6.01. The molecule has 1 aliphatic rings. The molecule has 2 aromatic carbocycles. The fourth-order valence-electron chi connectivity index (χ4n) is 3.53. The van der Waals surface area contributed by atoms with Crippen LogP contribution in [0.5, 0.6) is 0 Å².